The lowest BCUT2D eigenvalue weighted by Gasteiger charge is -2.18. The molecule has 38 heavy (non-hydrogen) atoms. The van der Waals surface area contributed by atoms with Gasteiger partial charge in [-0.2, -0.15) is 28.4 Å². The maximum atomic E-state index is 14.1. The molecule has 1 unspecified atom stereocenters. The molecular weight excluding hydrogens is 545 g/mol. The van der Waals surface area contributed by atoms with Gasteiger partial charge in [-0.1, -0.05) is 23.5 Å². The average molecular weight is 569 g/mol. The van der Waals surface area contributed by atoms with Crippen molar-refractivity contribution in [3.8, 4) is 5.88 Å². The summed E-state index contributed by atoms with van der Waals surface area (Å²) in [6.07, 6.45) is -3.89. The van der Waals surface area contributed by atoms with Crippen LogP contribution < -0.4 is 15.5 Å². The molecule has 1 aliphatic rings. The second-order valence-electron chi connectivity index (χ2n) is 8.73. The van der Waals surface area contributed by atoms with Crippen LogP contribution in [0.25, 0.3) is 5.57 Å². The highest BCUT2D eigenvalue weighted by Crippen LogP contribution is 2.39. The van der Waals surface area contributed by atoms with Crippen LogP contribution >= 0.6 is 11.3 Å². The van der Waals surface area contributed by atoms with Gasteiger partial charge in [-0.25, -0.2) is 8.42 Å². The fourth-order valence-electron chi connectivity index (χ4n) is 3.91. The number of anilines is 1. The third kappa shape index (κ3) is 5.88. The number of sulfone groups is 1. The van der Waals surface area contributed by atoms with Crippen molar-refractivity contribution in [2.24, 2.45) is 10.2 Å². The smallest absolute Gasteiger partial charge is 0.416 e. The predicted molar refractivity (Wildman–Crippen MR) is 136 cm³/mol. The van der Waals surface area contributed by atoms with Crippen LogP contribution in [0.1, 0.15) is 21.6 Å². The highest BCUT2D eigenvalue weighted by molar-refractivity contribution is 7.90. The van der Waals surface area contributed by atoms with Crippen molar-refractivity contribution in [3.05, 3.63) is 68.5 Å². The number of nitrogens with zero attached hydrogens (tertiary/aromatic N) is 4. The summed E-state index contributed by atoms with van der Waals surface area (Å²) in [6, 6.07) is 7.82. The molecule has 2 heterocycles. The lowest BCUT2D eigenvalue weighted by atomic mass is 9.96. The Hall–Kier alpha value is -3.33. The van der Waals surface area contributed by atoms with Crippen molar-refractivity contribution in [2.45, 2.75) is 23.6 Å². The largest absolute Gasteiger partial charge is 0.492 e. The summed E-state index contributed by atoms with van der Waals surface area (Å²) in [5.41, 5.74) is -0.362. The number of rotatable bonds is 8. The van der Waals surface area contributed by atoms with Crippen LogP contribution in [0.15, 0.2) is 51.5 Å². The average Bonchev–Trinajstić information content (AvgIpc) is 3.47. The quantitative estimate of drug-likeness (QED) is 0.375. The Labute approximate surface area is 219 Å². The zero-order valence-electron chi connectivity index (χ0n) is 20.1. The summed E-state index contributed by atoms with van der Waals surface area (Å²) in [5.74, 6) is -0.425. The summed E-state index contributed by atoms with van der Waals surface area (Å²) in [5, 5.41) is 38.8. The van der Waals surface area contributed by atoms with E-state index in [0.717, 1.165) is 29.7 Å². The van der Waals surface area contributed by atoms with Crippen molar-refractivity contribution in [2.75, 3.05) is 31.4 Å². The van der Waals surface area contributed by atoms with E-state index >= 15 is 0 Å². The summed E-state index contributed by atoms with van der Waals surface area (Å²) >= 11 is 0.997. The molecule has 3 aromatic rings. The van der Waals surface area contributed by atoms with Gasteiger partial charge in [0.05, 0.1) is 39.6 Å². The molecule has 1 aliphatic heterocycles. The monoisotopic (exact) mass is 568 g/mol. The minimum absolute atomic E-state index is 0.000214. The second kappa shape index (κ2) is 10.4. The fourth-order valence-corrected chi connectivity index (χ4v) is 5.55. The van der Waals surface area contributed by atoms with E-state index in [4.69, 9.17) is 5.11 Å². The number of thiazole rings is 1. The number of fused-ring (bicyclic) bond motifs is 1. The Bertz CT molecular complexity index is 1640. The fraction of sp³-hybridized carbons (Fsp3) is 0.292. The van der Waals surface area contributed by atoms with Crippen LogP contribution in [0, 0.1) is 0 Å². The number of aliphatic hydroxyl groups is 2. The number of benzene rings is 2. The number of aromatic hydroxyl groups is 1. The van der Waals surface area contributed by atoms with E-state index in [-0.39, 0.29) is 28.5 Å². The van der Waals surface area contributed by atoms with Gasteiger partial charge in [0.2, 0.25) is 5.88 Å². The van der Waals surface area contributed by atoms with Gasteiger partial charge in [-0.15, -0.1) is 0 Å². The molecule has 4 rings (SSSR count). The molecule has 0 saturated heterocycles. The van der Waals surface area contributed by atoms with E-state index in [1.165, 1.54) is 11.1 Å². The number of likely N-dealkylation sites (N-methyl/N-ethyl adjacent to an activating group) is 1. The van der Waals surface area contributed by atoms with Crippen molar-refractivity contribution in [1.29, 1.82) is 0 Å². The zero-order chi connectivity index (χ0) is 27.8. The van der Waals surface area contributed by atoms with Crippen LogP contribution in [0.5, 0.6) is 5.88 Å². The number of aliphatic hydroxyl groups excluding tert-OH is 2. The van der Waals surface area contributed by atoms with Crippen molar-refractivity contribution < 1.29 is 36.9 Å². The van der Waals surface area contributed by atoms with E-state index in [9.17, 15) is 31.8 Å². The number of alkyl halides is 3. The Balaban J connectivity index is 1.90. The maximum absolute atomic E-state index is 14.1. The molecule has 0 amide bonds. The second-order valence-corrected chi connectivity index (χ2v) is 11.7. The first-order chi connectivity index (χ1) is 17.8. The maximum Gasteiger partial charge on any atom is 0.416 e. The van der Waals surface area contributed by atoms with E-state index in [0.29, 0.717) is 27.8 Å². The van der Waals surface area contributed by atoms with Gasteiger partial charge in [-0.3, -0.25) is 0 Å². The van der Waals surface area contributed by atoms with Crippen molar-refractivity contribution in [1.82, 2.24) is 4.98 Å². The molecule has 0 spiro atoms. The van der Waals surface area contributed by atoms with E-state index in [1.807, 2.05) is 0 Å². The highest BCUT2D eigenvalue weighted by atomic mass is 32.2. The Morgan fingerprint density at radius 2 is 1.92 bits per heavy atom. The van der Waals surface area contributed by atoms with E-state index in [1.54, 1.807) is 25.2 Å². The van der Waals surface area contributed by atoms with Crippen LogP contribution in [0.3, 0.4) is 0 Å². The Morgan fingerprint density at radius 1 is 1.18 bits per heavy atom. The molecule has 1 atom stereocenters. The molecule has 0 fully saturated rings. The molecule has 0 aliphatic carbocycles. The Kier molecular flexibility index (Phi) is 7.61. The molecule has 0 radical (unpaired) electrons. The molecule has 9 nitrogen and oxygen atoms in total. The molecule has 0 saturated carbocycles. The normalized spacial score (nSPS) is 14.7. The van der Waals surface area contributed by atoms with Crippen molar-refractivity contribution in [3.63, 3.8) is 0 Å². The molecule has 3 N–H and O–H groups in total. The number of hydrogen-bond donors (Lipinski definition) is 3. The molecule has 202 valence electrons. The number of hydrogen-bond acceptors (Lipinski definition) is 10. The summed E-state index contributed by atoms with van der Waals surface area (Å²) in [4.78, 5) is 5.35. The van der Waals surface area contributed by atoms with Gasteiger partial charge in [-0.05, 0) is 40.6 Å². The van der Waals surface area contributed by atoms with Gasteiger partial charge in [0.25, 0.3) is 0 Å². The lowest BCUT2D eigenvalue weighted by Crippen LogP contribution is -2.31. The van der Waals surface area contributed by atoms with E-state index < -0.39 is 45.1 Å². The Morgan fingerprint density at radius 3 is 2.58 bits per heavy atom. The standard InChI is InChI=1S/C24H23F3N4O5S2/c1-31(11-16(33)12-32)23-29-22(34)21(37-23)18(13-4-6-20-15(7-13)10-28-30-20)8-14-3-5-17(38(2,35)36)9-19(14)24(25,26)27/h3-7,9-10,16,32-34H,8,11-12H2,1-2H3. The zero-order valence-corrected chi connectivity index (χ0v) is 21.8. The number of aromatic nitrogens is 1. The third-order valence-corrected chi connectivity index (χ3v) is 8.14. The SMILES string of the molecule is CN(CC(O)CO)c1nc(O)c(C(Cc2ccc(S(C)(=O)=O)cc2C(F)(F)F)=c2ccc3c(c2)C=NN=3)s1. The predicted octanol–water partition coefficient (Wildman–Crippen LogP) is 1.47. The molecule has 14 heteroatoms. The van der Waals surface area contributed by atoms with Gasteiger partial charge >= 0.3 is 6.18 Å². The first-order valence-electron chi connectivity index (χ1n) is 11.1. The highest BCUT2D eigenvalue weighted by Gasteiger charge is 2.35. The number of halogens is 3. The van der Waals surface area contributed by atoms with Crippen LogP contribution in [0.4, 0.5) is 18.3 Å². The summed E-state index contributed by atoms with van der Waals surface area (Å²) in [6.45, 7) is -0.489. The van der Waals surface area contributed by atoms with Gasteiger partial charge < -0.3 is 20.2 Å². The minimum Gasteiger partial charge on any atom is -0.492 e. The minimum atomic E-state index is -4.84. The van der Waals surface area contributed by atoms with Gasteiger partial charge in [0, 0.05) is 31.8 Å². The van der Waals surface area contributed by atoms with Crippen LogP contribution in [0.2, 0.25) is 0 Å². The van der Waals surface area contributed by atoms with Crippen LogP contribution in [-0.2, 0) is 22.4 Å². The lowest BCUT2D eigenvalue weighted by molar-refractivity contribution is -0.138. The molecule has 2 aromatic carbocycles. The van der Waals surface area contributed by atoms with Gasteiger partial charge in [0.15, 0.2) is 15.0 Å². The topological polar surface area (TPSA) is 136 Å². The summed E-state index contributed by atoms with van der Waals surface area (Å²) < 4.78 is 66.0. The summed E-state index contributed by atoms with van der Waals surface area (Å²) in [7, 11) is -2.31. The molecular formula is C24H23F3N4O5S2. The van der Waals surface area contributed by atoms with Crippen molar-refractivity contribution >= 4 is 38.1 Å². The van der Waals surface area contributed by atoms with Gasteiger partial charge in [0.1, 0.15) is 0 Å². The van der Waals surface area contributed by atoms with E-state index in [2.05, 4.69) is 15.2 Å². The first kappa shape index (κ1) is 27.7. The molecule has 0 bridgehead atoms. The first-order valence-corrected chi connectivity index (χ1v) is 13.8. The third-order valence-electron chi connectivity index (χ3n) is 5.81. The van der Waals surface area contributed by atoms with Crippen LogP contribution in [-0.4, -0.2) is 67.5 Å². The molecule has 1 aromatic heterocycles.